The number of nitrogens with zero attached hydrogens (tertiary/aromatic N) is 2. The fraction of sp³-hybridized carbons (Fsp3) is 0.600. The molecule has 0 spiro atoms. The van der Waals surface area contributed by atoms with Gasteiger partial charge in [0.2, 0.25) is 5.91 Å². The maximum atomic E-state index is 11.3. The maximum absolute atomic E-state index is 11.3. The number of carbonyl (C=O) groups is 1. The lowest BCUT2D eigenvalue weighted by atomic mass is 10.3. The van der Waals surface area contributed by atoms with Gasteiger partial charge in [-0.2, -0.15) is 5.10 Å². The normalized spacial score (nSPS) is 10.6. The van der Waals surface area contributed by atoms with E-state index in [9.17, 15) is 4.79 Å². The van der Waals surface area contributed by atoms with Gasteiger partial charge in [-0.25, -0.2) is 0 Å². The summed E-state index contributed by atoms with van der Waals surface area (Å²) in [5.41, 5.74) is 1.12. The number of amides is 1. The van der Waals surface area contributed by atoms with Gasteiger partial charge < -0.3 is 5.32 Å². The van der Waals surface area contributed by atoms with Crippen molar-refractivity contribution in [2.45, 2.75) is 39.8 Å². The predicted molar refractivity (Wildman–Crippen MR) is 54.9 cm³/mol. The van der Waals surface area contributed by atoms with Crippen LogP contribution in [0.5, 0.6) is 0 Å². The van der Waals surface area contributed by atoms with Gasteiger partial charge in [0.1, 0.15) is 0 Å². The fourth-order valence-electron chi connectivity index (χ4n) is 1.20. The molecule has 1 N–H and O–H groups in total. The first kappa shape index (κ1) is 10.8. The molecule has 0 aliphatic heterocycles. The van der Waals surface area contributed by atoms with Crippen molar-refractivity contribution in [1.82, 2.24) is 15.1 Å². The highest BCUT2D eigenvalue weighted by atomic mass is 16.1. The Morgan fingerprint density at radius 3 is 2.86 bits per heavy atom. The first-order valence-electron chi connectivity index (χ1n) is 4.86. The Bertz CT molecular complexity index is 304. The number of rotatable bonds is 4. The highest BCUT2D eigenvalue weighted by Crippen LogP contribution is 1.96. The first-order chi connectivity index (χ1) is 6.58. The Balaban J connectivity index is 2.30. The molecule has 4 heteroatoms. The van der Waals surface area contributed by atoms with E-state index in [1.54, 1.807) is 10.9 Å². The Morgan fingerprint density at radius 1 is 1.64 bits per heavy atom. The Kier molecular flexibility index (Phi) is 3.68. The van der Waals surface area contributed by atoms with E-state index in [0.29, 0.717) is 13.0 Å². The Hall–Kier alpha value is -1.32. The second-order valence-electron chi connectivity index (χ2n) is 3.75. The molecule has 1 aromatic rings. The third kappa shape index (κ3) is 3.60. The molecule has 1 heterocycles. The van der Waals surface area contributed by atoms with Gasteiger partial charge in [0.25, 0.3) is 0 Å². The lowest BCUT2D eigenvalue weighted by Crippen LogP contribution is -2.30. The van der Waals surface area contributed by atoms with Crippen LogP contribution in [0.1, 0.15) is 25.8 Å². The lowest BCUT2D eigenvalue weighted by molar-refractivity contribution is -0.121. The molecule has 1 rings (SSSR count). The van der Waals surface area contributed by atoms with Crippen LogP contribution in [0.15, 0.2) is 12.4 Å². The molecule has 0 radical (unpaired) electrons. The van der Waals surface area contributed by atoms with Crippen molar-refractivity contribution in [3.05, 3.63) is 18.0 Å². The number of hydrogen-bond acceptors (Lipinski definition) is 2. The minimum atomic E-state index is 0.0770. The SMILES string of the molecule is Cc1cnn(CCC(=O)NC(C)C)c1. The third-order valence-corrected chi connectivity index (χ3v) is 1.78. The molecule has 0 bridgehead atoms. The average Bonchev–Trinajstić information content (AvgIpc) is 2.47. The Morgan fingerprint density at radius 2 is 2.36 bits per heavy atom. The summed E-state index contributed by atoms with van der Waals surface area (Å²) in [6.07, 6.45) is 4.21. The van der Waals surface area contributed by atoms with E-state index in [0.717, 1.165) is 5.56 Å². The summed E-state index contributed by atoms with van der Waals surface area (Å²) in [5, 5.41) is 6.94. The van der Waals surface area contributed by atoms with Crippen molar-refractivity contribution in [3.8, 4) is 0 Å². The van der Waals surface area contributed by atoms with Crippen molar-refractivity contribution in [1.29, 1.82) is 0 Å². The summed E-state index contributed by atoms with van der Waals surface area (Å²) in [5.74, 6) is 0.0770. The van der Waals surface area contributed by atoms with Crippen LogP contribution >= 0.6 is 0 Å². The monoisotopic (exact) mass is 195 g/mol. The van der Waals surface area contributed by atoms with E-state index >= 15 is 0 Å². The molecule has 1 amide bonds. The van der Waals surface area contributed by atoms with Gasteiger partial charge in [-0.05, 0) is 26.3 Å². The molecule has 0 aliphatic carbocycles. The largest absolute Gasteiger partial charge is 0.354 e. The predicted octanol–water partition coefficient (Wildman–Crippen LogP) is 1.11. The van der Waals surface area contributed by atoms with Crippen LogP contribution in [0.3, 0.4) is 0 Å². The van der Waals surface area contributed by atoms with E-state index in [-0.39, 0.29) is 11.9 Å². The van der Waals surface area contributed by atoms with E-state index in [2.05, 4.69) is 10.4 Å². The highest BCUT2D eigenvalue weighted by molar-refractivity contribution is 5.76. The summed E-state index contributed by atoms with van der Waals surface area (Å²) in [6.45, 7) is 6.54. The second-order valence-corrected chi connectivity index (χ2v) is 3.75. The maximum Gasteiger partial charge on any atom is 0.222 e. The molecule has 0 aromatic carbocycles. The zero-order chi connectivity index (χ0) is 10.6. The van der Waals surface area contributed by atoms with Crippen LogP contribution in [0, 0.1) is 6.92 Å². The van der Waals surface area contributed by atoms with E-state index in [1.807, 2.05) is 27.0 Å². The molecule has 1 aromatic heterocycles. The summed E-state index contributed by atoms with van der Waals surface area (Å²) in [6, 6.07) is 0.210. The Labute approximate surface area is 84.3 Å². The zero-order valence-electron chi connectivity index (χ0n) is 8.95. The smallest absolute Gasteiger partial charge is 0.222 e. The van der Waals surface area contributed by atoms with Gasteiger partial charge in [0.15, 0.2) is 0 Å². The number of aromatic nitrogens is 2. The van der Waals surface area contributed by atoms with Crippen molar-refractivity contribution in [2.75, 3.05) is 0 Å². The number of nitrogens with one attached hydrogen (secondary N) is 1. The van der Waals surface area contributed by atoms with Crippen LogP contribution < -0.4 is 5.32 Å². The number of carbonyl (C=O) groups excluding carboxylic acids is 1. The standard InChI is InChI=1S/C10H17N3O/c1-8(2)12-10(14)4-5-13-7-9(3)6-11-13/h6-8H,4-5H2,1-3H3,(H,12,14). The van der Waals surface area contributed by atoms with Crippen molar-refractivity contribution in [2.24, 2.45) is 0 Å². The van der Waals surface area contributed by atoms with E-state index < -0.39 is 0 Å². The van der Waals surface area contributed by atoms with Crippen LogP contribution in [0.25, 0.3) is 0 Å². The van der Waals surface area contributed by atoms with Crippen LogP contribution in [-0.2, 0) is 11.3 Å². The highest BCUT2D eigenvalue weighted by Gasteiger charge is 2.03. The summed E-state index contributed by atoms with van der Waals surface area (Å²) >= 11 is 0. The van der Waals surface area contributed by atoms with Crippen LogP contribution in [0.4, 0.5) is 0 Å². The summed E-state index contributed by atoms with van der Waals surface area (Å²) in [7, 11) is 0. The molecule has 78 valence electrons. The van der Waals surface area contributed by atoms with Crippen molar-refractivity contribution in [3.63, 3.8) is 0 Å². The molecular weight excluding hydrogens is 178 g/mol. The topological polar surface area (TPSA) is 46.9 Å². The molecule has 0 aliphatic rings. The number of hydrogen-bond donors (Lipinski definition) is 1. The summed E-state index contributed by atoms with van der Waals surface area (Å²) < 4.78 is 1.79. The third-order valence-electron chi connectivity index (χ3n) is 1.78. The van der Waals surface area contributed by atoms with Gasteiger partial charge in [-0.3, -0.25) is 9.48 Å². The van der Waals surface area contributed by atoms with Gasteiger partial charge >= 0.3 is 0 Å². The van der Waals surface area contributed by atoms with E-state index in [4.69, 9.17) is 0 Å². The number of aryl methyl sites for hydroxylation is 2. The van der Waals surface area contributed by atoms with Crippen molar-refractivity contribution >= 4 is 5.91 Å². The van der Waals surface area contributed by atoms with Gasteiger partial charge in [-0.15, -0.1) is 0 Å². The van der Waals surface area contributed by atoms with Gasteiger partial charge in [0, 0.05) is 25.2 Å². The lowest BCUT2D eigenvalue weighted by Gasteiger charge is -2.07. The second kappa shape index (κ2) is 4.79. The van der Waals surface area contributed by atoms with Crippen LogP contribution in [-0.4, -0.2) is 21.7 Å². The minimum absolute atomic E-state index is 0.0770. The molecule has 0 unspecified atom stereocenters. The van der Waals surface area contributed by atoms with Crippen LogP contribution in [0.2, 0.25) is 0 Å². The molecule has 4 nitrogen and oxygen atoms in total. The van der Waals surface area contributed by atoms with E-state index in [1.165, 1.54) is 0 Å². The minimum Gasteiger partial charge on any atom is -0.354 e. The molecule has 0 fully saturated rings. The first-order valence-corrected chi connectivity index (χ1v) is 4.86. The molecule has 14 heavy (non-hydrogen) atoms. The zero-order valence-corrected chi connectivity index (χ0v) is 8.95. The van der Waals surface area contributed by atoms with Gasteiger partial charge in [-0.1, -0.05) is 0 Å². The molecular formula is C10H17N3O. The quantitative estimate of drug-likeness (QED) is 0.782. The van der Waals surface area contributed by atoms with Gasteiger partial charge in [0.05, 0.1) is 6.20 Å². The fourth-order valence-corrected chi connectivity index (χ4v) is 1.20. The summed E-state index contributed by atoms with van der Waals surface area (Å²) in [4.78, 5) is 11.3. The van der Waals surface area contributed by atoms with Crippen molar-refractivity contribution < 1.29 is 4.79 Å². The average molecular weight is 195 g/mol. The molecule has 0 saturated carbocycles. The molecule has 0 saturated heterocycles. The molecule has 0 atom stereocenters.